The number of imide groups is 1. The second-order valence-electron chi connectivity index (χ2n) is 6.07. The van der Waals surface area contributed by atoms with Gasteiger partial charge in [0.25, 0.3) is 11.1 Å². The first-order valence-corrected chi connectivity index (χ1v) is 9.94. The van der Waals surface area contributed by atoms with Gasteiger partial charge in [0, 0.05) is 5.56 Å². The molecule has 1 fully saturated rings. The molecule has 0 saturated carbocycles. The van der Waals surface area contributed by atoms with E-state index in [2.05, 4.69) is 4.74 Å². The summed E-state index contributed by atoms with van der Waals surface area (Å²) in [5, 5.41) is 1.26. The van der Waals surface area contributed by atoms with E-state index in [4.69, 9.17) is 9.47 Å². The highest BCUT2D eigenvalue weighted by molar-refractivity contribution is 8.18. The van der Waals surface area contributed by atoms with Crippen LogP contribution in [0, 0.1) is 0 Å². The molecule has 7 nitrogen and oxygen atoms in total. The number of fused-ring (bicyclic) bond motifs is 1. The van der Waals surface area contributed by atoms with Gasteiger partial charge in [0.1, 0.15) is 18.0 Å². The number of esters is 1. The Morgan fingerprint density at radius 1 is 1.10 bits per heavy atom. The Morgan fingerprint density at radius 2 is 1.83 bits per heavy atom. The van der Waals surface area contributed by atoms with Crippen LogP contribution in [0.1, 0.15) is 19.4 Å². The van der Waals surface area contributed by atoms with Gasteiger partial charge in [0.2, 0.25) is 0 Å². The number of rotatable bonds is 7. The number of ether oxygens (including phenoxy) is 3. The molecule has 0 spiro atoms. The summed E-state index contributed by atoms with van der Waals surface area (Å²) in [7, 11) is 1.21. The van der Waals surface area contributed by atoms with Crippen molar-refractivity contribution in [1.29, 1.82) is 0 Å². The third-order valence-corrected chi connectivity index (χ3v) is 5.18. The quantitative estimate of drug-likeness (QED) is 0.502. The van der Waals surface area contributed by atoms with Gasteiger partial charge in [-0.15, -0.1) is 0 Å². The molecule has 3 rings (SSSR count). The molecule has 0 N–H and O–H groups in total. The van der Waals surface area contributed by atoms with Crippen LogP contribution >= 0.6 is 11.8 Å². The van der Waals surface area contributed by atoms with Crippen molar-refractivity contribution in [3.63, 3.8) is 0 Å². The topological polar surface area (TPSA) is 82.1 Å². The fourth-order valence-electron chi connectivity index (χ4n) is 2.95. The van der Waals surface area contributed by atoms with E-state index in [9.17, 15) is 14.4 Å². The monoisotopic (exact) mass is 415 g/mol. The van der Waals surface area contributed by atoms with E-state index >= 15 is 0 Å². The molecule has 2 aromatic rings. The zero-order valence-corrected chi connectivity index (χ0v) is 17.2. The molecule has 0 unspecified atom stereocenters. The van der Waals surface area contributed by atoms with E-state index in [0.29, 0.717) is 30.3 Å². The Labute approximate surface area is 172 Å². The summed E-state index contributed by atoms with van der Waals surface area (Å²) in [5.74, 6) is 0.0939. The zero-order valence-electron chi connectivity index (χ0n) is 16.4. The maximum Gasteiger partial charge on any atom is 0.325 e. The average Bonchev–Trinajstić information content (AvgIpc) is 2.97. The SMILES string of the molecule is CCOc1ccc2ccc(OCC)c(/C=C3\SC(=O)N(CC(=O)OC)C3=O)c2c1. The molecule has 0 aromatic heterocycles. The molecule has 29 heavy (non-hydrogen) atoms. The Kier molecular flexibility index (Phi) is 6.43. The van der Waals surface area contributed by atoms with Crippen LogP contribution in [0.5, 0.6) is 11.5 Å². The summed E-state index contributed by atoms with van der Waals surface area (Å²) >= 11 is 0.783. The summed E-state index contributed by atoms with van der Waals surface area (Å²) in [6.07, 6.45) is 1.63. The minimum Gasteiger partial charge on any atom is -0.494 e. The lowest BCUT2D eigenvalue weighted by molar-refractivity contribution is -0.143. The van der Waals surface area contributed by atoms with Gasteiger partial charge >= 0.3 is 5.97 Å². The van der Waals surface area contributed by atoms with Crippen molar-refractivity contribution >= 4 is 45.7 Å². The molecule has 0 aliphatic carbocycles. The van der Waals surface area contributed by atoms with E-state index in [1.54, 1.807) is 6.08 Å². The van der Waals surface area contributed by atoms with Crippen LogP contribution in [0.25, 0.3) is 16.8 Å². The molecule has 2 amide bonds. The number of benzene rings is 2. The molecule has 1 aliphatic heterocycles. The minimum atomic E-state index is -0.657. The summed E-state index contributed by atoms with van der Waals surface area (Å²) < 4.78 is 15.9. The first-order valence-electron chi connectivity index (χ1n) is 9.13. The van der Waals surface area contributed by atoms with Gasteiger partial charge in [0.15, 0.2) is 0 Å². The Bertz CT molecular complexity index is 995. The molecular formula is C21H21NO6S. The largest absolute Gasteiger partial charge is 0.494 e. The molecule has 0 atom stereocenters. The fourth-order valence-corrected chi connectivity index (χ4v) is 3.77. The minimum absolute atomic E-state index is 0.217. The van der Waals surface area contributed by atoms with Gasteiger partial charge in [-0.3, -0.25) is 19.3 Å². The highest BCUT2D eigenvalue weighted by Gasteiger charge is 2.36. The number of carbonyl (C=O) groups excluding carboxylic acids is 3. The van der Waals surface area contributed by atoms with Crippen molar-refractivity contribution in [2.24, 2.45) is 0 Å². The lowest BCUT2D eigenvalue weighted by Gasteiger charge is -2.13. The number of methoxy groups -OCH3 is 1. The summed E-state index contributed by atoms with van der Waals surface area (Å²) in [6, 6.07) is 9.44. The number of hydrogen-bond donors (Lipinski definition) is 0. The summed E-state index contributed by atoms with van der Waals surface area (Å²) in [4.78, 5) is 37.5. The van der Waals surface area contributed by atoms with Crippen molar-refractivity contribution in [3.05, 3.63) is 40.8 Å². The number of amides is 2. The second-order valence-corrected chi connectivity index (χ2v) is 7.06. The van der Waals surface area contributed by atoms with E-state index in [-0.39, 0.29) is 4.91 Å². The molecule has 0 radical (unpaired) electrons. The third kappa shape index (κ3) is 4.37. The summed E-state index contributed by atoms with van der Waals surface area (Å²) in [6.45, 7) is 4.33. The van der Waals surface area contributed by atoms with Crippen molar-refractivity contribution in [3.8, 4) is 11.5 Å². The van der Waals surface area contributed by atoms with Gasteiger partial charge in [0.05, 0.1) is 25.2 Å². The van der Waals surface area contributed by atoms with Gasteiger partial charge < -0.3 is 14.2 Å². The van der Waals surface area contributed by atoms with Crippen LogP contribution < -0.4 is 9.47 Å². The Hall–Kier alpha value is -3.00. The first kappa shape index (κ1) is 20.7. The highest BCUT2D eigenvalue weighted by atomic mass is 32.2. The van der Waals surface area contributed by atoms with Crippen molar-refractivity contribution in [2.75, 3.05) is 26.9 Å². The smallest absolute Gasteiger partial charge is 0.325 e. The predicted molar refractivity (Wildman–Crippen MR) is 111 cm³/mol. The molecule has 1 aliphatic rings. The van der Waals surface area contributed by atoms with Crippen molar-refractivity contribution in [1.82, 2.24) is 4.90 Å². The molecular weight excluding hydrogens is 394 g/mol. The molecule has 2 aromatic carbocycles. The maximum atomic E-state index is 12.7. The van der Waals surface area contributed by atoms with Gasteiger partial charge in [-0.1, -0.05) is 12.1 Å². The lowest BCUT2D eigenvalue weighted by atomic mass is 10.0. The van der Waals surface area contributed by atoms with Crippen LogP contribution in [0.15, 0.2) is 35.2 Å². The maximum absolute atomic E-state index is 12.7. The fraction of sp³-hybridized carbons (Fsp3) is 0.286. The van der Waals surface area contributed by atoms with Crippen molar-refractivity contribution < 1.29 is 28.6 Å². The average molecular weight is 415 g/mol. The van der Waals surface area contributed by atoms with Crippen LogP contribution in [-0.2, 0) is 14.3 Å². The van der Waals surface area contributed by atoms with E-state index in [1.807, 2.05) is 44.2 Å². The Balaban J connectivity index is 2.08. The van der Waals surface area contributed by atoms with Crippen LogP contribution in [0.4, 0.5) is 4.79 Å². The Morgan fingerprint density at radius 3 is 2.52 bits per heavy atom. The van der Waals surface area contributed by atoms with Crippen molar-refractivity contribution in [2.45, 2.75) is 13.8 Å². The highest BCUT2D eigenvalue weighted by Crippen LogP contribution is 2.37. The van der Waals surface area contributed by atoms with Gasteiger partial charge in [-0.25, -0.2) is 0 Å². The second kappa shape index (κ2) is 9.00. The zero-order chi connectivity index (χ0) is 21.0. The number of hydrogen-bond acceptors (Lipinski definition) is 7. The number of carbonyl (C=O) groups is 3. The first-order chi connectivity index (χ1) is 14.0. The van der Waals surface area contributed by atoms with Crippen LogP contribution in [0.2, 0.25) is 0 Å². The molecule has 1 saturated heterocycles. The van der Waals surface area contributed by atoms with Crippen LogP contribution in [0.3, 0.4) is 0 Å². The number of nitrogens with zero attached hydrogens (tertiary/aromatic N) is 1. The van der Waals surface area contributed by atoms with Gasteiger partial charge in [-0.05, 0) is 60.7 Å². The van der Waals surface area contributed by atoms with E-state index in [1.165, 1.54) is 7.11 Å². The lowest BCUT2D eigenvalue weighted by Crippen LogP contribution is -2.34. The van der Waals surface area contributed by atoms with E-state index in [0.717, 1.165) is 27.4 Å². The molecule has 8 heteroatoms. The molecule has 0 bridgehead atoms. The number of thioether (sulfide) groups is 1. The van der Waals surface area contributed by atoms with Crippen LogP contribution in [-0.4, -0.2) is 48.9 Å². The van der Waals surface area contributed by atoms with Gasteiger partial charge in [-0.2, -0.15) is 0 Å². The third-order valence-electron chi connectivity index (χ3n) is 4.27. The standard InChI is InChI=1S/C21H21NO6S/c1-4-27-14-8-6-13-7-9-17(28-5-2)16(15(13)10-14)11-18-20(24)22(21(25)29-18)12-19(23)26-3/h6-11H,4-5,12H2,1-3H3/b18-11-. The molecule has 1 heterocycles. The summed E-state index contributed by atoms with van der Waals surface area (Å²) in [5.41, 5.74) is 0.675. The predicted octanol–water partition coefficient (Wildman–Crippen LogP) is 3.85. The molecule has 152 valence electrons. The van der Waals surface area contributed by atoms with E-state index < -0.39 is 23.7 Å². The normalized spacial score (nSPS) is 15.3.